The molecular formula is C6H11N3O2S. The Labute approximate surface area is 76.2 Å². The Bertz CT molecular complexity index is 209. The van der Waals surface area contributed by atoms with Gasteiger partial charge < -0.3 is 9.64 Å². The minimum Gasteiger partial charge on any atom is -0.448 e. The molecule has 0 aliphatic carbocycles. The van der Waals surface area contributed by atoms with Crippen molar-refractivity contribution in [2.75, 3.05) is 20.3 Å². The molecule has 1 heterocycles. The van der Waals surface area contributed by atoms with Crippen LogP contribution in [-0.2, 0) is 4.74 Å². The molecule has 1 amide bonds. The third-order valence-corrected chi connectivity index (χ3v) is 1.82. The Hall–Kier alpha value is -1.04. The van der Waals surface area contributed by atoms with Gasteiger partial charge in [-0.25, -0.2) is 4.79 Å². The smallest absolute Gasteiger partial charge is 0.430 e. The number of carbonyl (C=O) groups is 1. The van der Waals surface area contributed by atoms with E-state index in [1.165, 1.54) is 5.01 Å². The molecule has 1 aliphatic rings. The van der Waals surface area contributed by atoms with E-state index in [1.807, 2.05) is 0 Å². The van der Waals surface area contributed by atoms with Crippen LogP contribution in [-0.4, -0.2) is 41.4 Å². The second-order valence-electron chi connectivity index (χ2n) is 2.38. The van der Waals surface area contributed by atoms with Crippen LogP contribution in [0.2, 0.25) is 0 Å². The van der Waals surface area contributed by atoms with E-state index < -0.39 is 6.09 Å². The number of rotatable bonds is 1. The van der Waals surface area contributed by atoms with Crippen molar-refractivity contribution in [3.8, 4) is 0 Å². The molecule has 12 heavy (non-hydrogen) atoms. The van der Waals surface area contributed by atoms with E-state index in [0.29, 0.717) is 18.4 Å². The lowest BCUT2D eigenvalue weighted by Crippen LogP contribution is -2.38. The minimum absolute atomic E-state index is 0.369. The van der Waals surface area contributed by atoms with Crippen LogP contribution in [0, 0.1) is 0 Å². The summed E-state index contributed by atoms with van der Waals surface area (Å²) in [5.41, 5.74) is 2.70. The molecule has 1 fully saturated rings. The largest absolute Gasteiger partial charge is 0.448 e. The number of nitrogens with one attached hydrogen (secondary N) is 1. The van der Waals surface area contributed by atoms with Gasteiger partial charge in [-0.2, -0.15) is 5.01 Å². The van der Waals surface area contributed by atoms with Gasteiger partial charge in [-0.1, -0.05) is 0 Å². The van der Waals surface area contributed by atoms with E-state index in [9.17, 15) is 4.79 Å². The number of hydrogen-bond donors (Lipinski definition) is 1. The van der Waals surface area contributed by atoms with Gasteiger partial charge in [0.05, 0.1) is 6.61 Å². The van der Waals surface area contributed by atoms with Crippen LogP contribution in [0.25, 0.3) is 0 Å². The number of hydrazine groups is 1. The van der Waals surface area contributed by atoms with E-state index >= 15 is 0 Å². The summed E-state index contributed by atoms with van der Waals surface area (Å²) in [7, 11) is 1.80. The normalized spacial score (nSPS) is 16.3. The lowest BCUT2D eigenvalue weighted by Gasteiger charge is -2.13. The first-order chi connectivity index (χ1) is 5.65. The van der Waals surface area contributed by atoms with Crippen LogP contribution in [0.4, 0.5) is 4.79 Å². The Balaban J connectivity index is 2.46. The second kappa shape index (κ2) is 3.57. The second-order valence-corrected chi connectivity index (χ2v) is 2.77. The van der Waals surface area contributed by atoms with Crippen LogP contribution in [0.5, 0.6) is 0 Å². The number of amides is 1. The quantitative estimate of drug-likeness (QED) is 0.594. The van der Waals surface area contributed by atoms with Crippen molar-refractivity contribution in [2.45, 2.75) is 6.92 Å². The molecule has 0 saturated carbocycles. The highest BCUT2D eigenvalue weighted by atomic mass is 32.1. The summed E-state index contributed by atoms with van der Waals surface area (Å²) in [4.78, 5) is 12.8. The Morgan fingerprint density at radius 1 is 1.83 bits per heavy atom. The Morgan fingerprint density at radius 3 is 2.92 bits per heavy atom. The summed E-state index contributed by atoms with van der Waals surface area (Å²) in [6.07, 6.45) is -0.399. The van der Waals surface area contributed by atoms with Crippen LogP contribution in [0.15, 0.2) is 0 Å². The predicted molar refractivity (Wildman–Crippen MR) is 47.2 cm³/mol. The molecule has 6 heteroatoms. The van der Waals surface area contributed by atoms with Gasteiger partial charge in [0.15, 0.2) is 5.11 Å². The molecule has 1 saturated heterocycles. The maximum atomic E-state index is 11.1. The molecule has 0 aromatic rings. The van der Waals surface area contributed by atoms with Crippen molar-refractivity contribution in [2.24, 2.45) is 0 Å². The molecule has 0 spiro atoms. The summed E-state index contributed by atoms with van der Waals surface area (Å²) in [6.45, 7) is 2.56. The van der Waals surface area contributed by atoms with Gasteiger partial charge in [-0.3, -0.25) is 5.43 Å². The zero-order valence-corrected chi connectivity index (χ0v) is 7.85. The highest BCUT2D eigenvalue weighted by Gasteiger charge is 2.25. The first-order valence-electron chi connectivity index (χ1n) is 3.61. The van der Waals surface area contributed by atoms with Gasteiger partial charge in [0.1, 0.15) is 6.67 Å². The number of carbonyl (C=O) groups excluding carboxylic acids is 1. The molecule has 68 valence electrons. The molecule has 0 atom stereocenters. The van der Waals surface area contributed by atoms with E-state index in [2.05, 4.69) is 5.43 Å². The lowest BCUT2D eigenvalue weighted by atomic mass is 10.8. The van der Waals surface area contributed by atoms with Crippen LogP contribution < -0.4 is 5.43 Å². The fourth-order valence-corrected chi connectivity index (χ4v) is 0.985. The first-order valence-corrected chi connectivity index (χ1v) is 4.02. The lowest BCUT2D eigenvalue weighted by molar-refractivity contribution is 0.0977. The van der Waals surface area contributed by atoms with Gasteiger partial charge in [-0.05, 0) is 19.1 Å². The van der Waals surface area contributed by atoms with E-state index in [-0.39, 0.29) is 0 Å². The predicted octanol–water partition coefficient (Wildman–Crippen LogP) is 0.137. The molecule has 5 nitrogen and oxygen atoms in total. The van der Waals surface area contributed by atoms with Crippen LogP contribution in [0.1, 0.15) is 6.92 Å². The molecule has 0 aromatic carbocycles. The SMILES string of the molecule is CCOC(=O)N1CN(C)C(=S)N1. The van der Waals surface area contributed by atoms with E-state index in [1.54, 1.807) is 18.9 Å². The van der Waals surface area contributed by atoms with Crippen LogP contribution in [0.3, 0.4) is 0 Å². The molecule has 1 rings (SSSR count). The average molecular weight is 189 g/mol. The summed E-state index contributed by atoms with van der Waals surface area (Å²) in [5.74, 6) is 0. The minimum atomic E-state index is -0.399. The average Bonchev–Trinajstić information content (AvgIpc) is 2.33. The van der Waals surface area contributed by atoms with Gasteiger partial charge in [0, 0.05) is 7.05 Å². The van der Waals surface area contributed by atoms with Gasteiger partial charge in [0.2, 0.25) is 0 Å². The van der Waals surface area contributed by atoms with Crippen molar-refractivity contribution >= 4 is 23.4 Å². The van der Waals surface area contributed by atoms with Crippen molar-refractivity contribution in [1.29, 1.82) is 0 Å². The molecular weight excluding hydrogens is 178 g/mol. The highest BCUT2D eigenvalue weighted by Crippen LogP contribution is 2.01. The van der Waals surface area contributed by atoms with E-state index in [4.69, 9.17) is 17.0 Å². The molecule has 1 aliphatic heterocycles. The maximum Gasteiger partial charge on any atom is 0.430 e. The van der Waals surface area contributed by atoms with E-state index in [0.717, 1.165) is 0 Å². The van der Waals surface area contributed by atoms with Crippen molar-refractivity contribution in [3.63, 3.8) is 0 Å². The summed E-state index contributed by atoms with van der Waals surface area (Å²) < 4.78 is 4.76. The first kappa shape index (κ1) is 9.05. The topological polar surface area (TPSA) is 44.8 Å². The molecule has 1 N–H and O–H groups in total. The molecule has 0 unspecified atom stereocenters. The number of ether oxygens (including phenoxy) is 1. The monoisotopic (exact) mass is 189 g/mol. The van der Waals surface area contributed by atoms with Gasteiger partial charge >= 0.3 is 6.09 Å². The van der Waals surface area contributed by atoms with Gasteiger partial charge in [-0.15, -0.1) is 0 Å². The van der Waals surface area contributed by atoms with Gasteiger partial charge in [0.25, 0.3) is 0 Å². The summed E-state index contributed by atoms with van der Waals surface area (Å²) >= 11 is 4.89. The third kappa shape index (κ3) is 1.76. The summed E-state index contributed by atoms with van der Waals surface area (Å²) in [6, 6.07) is 0. The zero-order valence-electron chi connectivity index (χ0n) is 7.03. The Kier molecular flexibility index (Phi) is 2.69. The molecule has 0 bridgehead atoms. The number of nitrogens with zero attached hydrogens (tertiary/aromatic N) is 2. The number of thiocarbonyl (C=S) groups is 1. The third-order valence-electron chi connectivity index (χ3n) is 1.42. The molecule has 0 radical (unpaired) electrons. The van der Waals surface area contributed by atoms with Crippen molar-refractivity contribution in [1.82, 2.24) is 15.3 Å². The highest BCUT2D eigenvalue weighted by molar-refractivity contribution is 7.80. The summed E-state index contributed by atoms with van der Waals surface area (Å²) in [5, 5.41) is 1.86. The maximum absolute atomic E-state index is 11.1. The molecule has 0 aromatic heterocycles. The standard InChI is InChI=1S/C6H11N3O2S/c1-3-11-6(10)9-4-8(2)5(12)7-9/h3-4H2,1-2H3,(H,7,12). The number of hydrogen-bond acceptors (Lipinski definition) is 3. The fourth-order valence-electron chi connectivity index (χ4n) is 0.817. The van der Waals surface area contributed by atoms with Crippen molar-refractivity contribution < 1.29 is 9.53 Å². The zero-order chi connectivity index (χ0) is 9.14. The fraction of sp³-hybridized carbons (Fsp3) is 0.667. The van der Waals surface area contributed by atoms with Crippen LogP contribution >= 0.6 is 12.2 Å². The van der Waals surface area contributed by atoms with Crippen molar-refractivity contribution in [3.05, 3.63) is 0 Å². The Morgan fingerprint density at radius 2 is 2.50 bits per heavy atom.